The van der Waals surface area contributed by atoms with E-state index >= 15 is 0 Å². The summed E-state index contributed by atoms with van der Waals surface area (Å²) in [5.74, 6) is -0.301. The Kier molecular flexibility index (Phi) is 5.22. The number of fused-ring (bicyclic) bond motifs is 1. The first-order valence-electron chi connectivity index (χ1n) is 6.63. The third-order valence-electron chi connectivity index (χ3n) is 2.89. The van der Waals surface area contributed by atoms with E-state index in [1.165, 1.54) is 12.4 Å². The van der Waals surface area contributed by atoms with Gasteiger partial charge in [-0.15, -0.1) is 6.58 Å². The van der Waals surface area contributed by atoms with Gasteiger partial charge < -0.3 is 15.2 Å². The second-order valence-electron chi connectivity index (χ2n) is 4.38. The molecule has 1 aromatic heterocycles. The van der Waals surface area contributed by atoms with Crippen LogP contribution in [0.3, 0.4) is 0 Å². The van der Waals surface area contributed by atoms with Crippen LogP contribution in [-0.2, 0) is 4.74 Å². The Morgan fingerprint density at radius 2 is 2.24 bits per heavy atom. The molecule has 2 aromatic rings. The Bertz CT molecular complexity index is 643. The third kappa shape index (κ3) is 4.00. The molecule has 2 rings (SSSR count). The van der Waals surface area contributed by atoms with E-state index in [2.05, 4.69) is 21.9 Å². The molecule has 0 amide bonds. The quantitative estimate of drug-likeness (QED) is 0.572. The largest absolute Gasteiger partial charge is 0.478 e. The monoisotopic (exact) mass is 287 g/mol. The fourth-order valence-electron chi connectivity index (χ4n) is 1.84. The maximum absolute atomic E-state index is 10.9. The van der Waals surface area contributed by atoms with Gasteiger partial charge in [0, 0.05) is 11.9 Å². The first-order valence-corrected chi connectivity index (χ1v) is 6.63. The minimum atomic E-state index is -0.972. The first-order chi connectivity index (χ1) is 10.2. The number of benzene rings is 1. The summed E-state index contributed by atoms with van der Waals surface area (Å²) in [6.07, 6.45) is 4.05. The van der Waals surface area contributed by atoms with Crippen LogP contribution in [-0.4, -0.2) is 40.8 Å². The van der Waals surface area contributed by atoms with Crippen molar-refractivity contribution in [2.45, 2.75) is 6.42 Å². The van der Waals surface area contributed by atoms with Crippen molar-refractivity contribution in [1.82, 2.24) is 9.97 Å². The van der Waals surface area contributed by atoms with Crippen molar-refractivity contribution in [3.8, 4) is 0 Å². The zero-order valence-corrected chi connectivity index (χ0v) is 11.6. The number of hydrogen-bond donors (Lipinski definition) is 2. The van der Waals surface area contributed by atoms with Gasteiger partial charge in [0.15, 0.2) is 0 Å². The lowest BCUT2D eigenvalue weighted by Crippen LogP contribution is -2.11. The van der Waals surface area contributed by atoms with E-state index in [1.807, 2.05) is 6.08 Å². The van der Waals surface area contributed by atoms with Crippen LogP contribution in [0.2, 0.25) is 0 Å². The van der Waals surface area contributed by atoms with Crippen LogP contribution < -0.4 is 5.32 Å². The predicted molar refractivity (Wildman–Crippen MR) is 80.6 cm³/mol. The average Bonchev–Trinajstić information content (AvgIpc) is 2.50. The molecule has 2 N–H and O–H groups in total. The SMILES string of the molecule is C=CCCOCCNc1ncnc2cc(C(=O)O)ccc12. The summed E-state index contributed by atoms with van der Waals surface area (Å²) >= 11 is 0. The first kappa shape index (κ1) is 14.9. The number of aromatic nitrogens is 2. The summed E-state index contributed by atoms with van der Waals surface area (Å²) in [5.41, 5.74) is 0.805. The Balaban J connectivity index is 2.03. The zero-order chi connectivity index (χ0) is 15.1. The third-order valence-corrected chi connectivity index (χ3v) is 2.89. The Labute approximate surface area is 122 Å². The normalized spacial score (nSPS) is 10.5. The van der Waals surface area contributed by atoms with Crippen LogP contribution >= 0.6 is 0 Å². The van der Waals surface area contributed by atoms with Crippen LogP contribution in [0.5, 0.6) is 0 Å². The number of carboxylic acid groups (broad SMARTS) is 1. The molecule has 0 atom stereocenters. The van der Waals surface area contributed by atoms with Crippen molar-refractivity contribution in [2.75, 3.05) is 25.1 Å². The molecule has 0 radical (unpaired) electrons. The number of carboxylic acids is 1. The molecule has 0 fully saturated rings. The minimum Gasteiger partial charge on any atom is -0.478 e. The zero-order valence-electron chi connectivity index (χ0n) is 11.6. The molecule has 1 aromatic carbocycles. The lowest BCUT2D eigenvalue weighted by Gasteiger charge is -2.08. The van der Waals surface area contributed by atoms with Crippen molar-refractivity contribution in [1.29, 1.82) is 0 Å². The molecule has 0 aliphatic carbocycles. The molecule has 0 aliphatic heterocycles. The Morgan fingerprint density at radius 1 is 1.38 bits per heavy atom. The molecule has 21 heavy (non-hydrogen) atoms. The number of rotatable bonds is 8. The highest BCUT2D eigenvalue weighted by molar-refractivity contribution is 5.96. The van der Waals surface area contributed by atoms with Crippen molar-refractivity contribution in [3.05, 3.63) is 42.7 Å². The smallest absolute Gasteiger partial charge is 0.335 e. The molecule has 6 heteroatoms. The number of nitrogens with one attached hydrogen (secondary N) is 1. The molecule has 0 spiro atoms. The molecule has 0 aliphatic rings. The van der Waals surface area contributed by atoms with E-state index in [4.69, 9.17) is 9.84 Å². The summed E-state index contributed by atoms with van der Waals surface area (Å²) < 4.78 is 5.40. The summed E-state index contributed by atoms with van der Waals surface area (Å²) in [4.78, 5) is 19.2. The molecule has 0 saturated heterocycles. The van der Waals surface area contributed by atoms with Crippen molar-refractivity contribution in [2.24, 2.45) is 0 Å². The Hall–Kier alpha value is -2.47. The van der Waals surface area contributed by atoms with Crippen molar-refractivity contribution < 1.29 is 14.6 Å². The number of nitrogens with zero attached hydrogens (tertiary/aromatic N) is 2. The molecular weight excluding hydrogens is 270 g/mol. The second-order valence-corrected chi connectivity index (χ2v) is 4.38. The number of carbonyl (C=O) groups is 1. The number of aromatic carboxylic acids is 1. The van der Waals surface area contributed by atoms with Gasteiger partial charge in [-0.25, -0.2) is 14.8 Å². The summed E-state index contributed by atoms with van der Waals surface area (Å²) in [7, 11) is 0. The topological polar surface area (TPSA) is 84.3 Å². The van der Waals surface area contributed by atoms with Gasteiger partial charge in [0.2, 0.25) is 0 Å². The standard InChI is InChI=1S/C15H17N3O3/c1-2-3-7-21-8-6-16-14-12-5-4-11(15(19)20)9-13(12)17-10-18-14/h2,4-5,9-10H,1,3,6-8H2,(H,19,20)(H,16,17,18). The van der Waals surface area contributed by atoms with Crippen LogP contribution in [0, 0.1) is 0 Å². The highest BCUT2D eigenvalue weighted by Crippen LogP contribution is 2.20. The van der Waals surface area contributed by atoms with Gasteiger partial charge in [-0.3, -0.25) is 0 Å². The van der Waals surface area contributed by atoms with Gasteiger partial charge in [0.1, 0.15) is 12.1 Å². The van der Waals surface area contributed by atoms with Crippen LogP contribution in [0.4, 0.5) is 5.82 Å². The van der Waals surface area contributed by atoms with E-state index in [-0.39, 0.29) is 5.56 Å². The second kappa shape index (κ2) is 7.35. The highest BCUT2D eigenvalue weighted by atomic mass is 16.5. The van der Waals surface area contributed by atoms with Gasteiger partial charge in [0.25, 0.3) is 0 Å². The van der Waals surface area contributed by atoms with E-state index in [9.17, 15) is 4.79 Å². The molecule has 0 unspecified atom stereocenters. The van der Waals surface area contributed by atoms with Gasteiger partial charge in [-0.1, -0.05) is 6.08 Å². The summed E-state index contributed by atoms with van der Waals surface area (Å²) in [5, 5.41) is 12.9. The molecule has 0 bridgehead atoms. The average molecular weight is 287 g/mol. The fraction of sp³-hybridized carbons (Fsp3) is 0.267. The molecule has 0 saturated carbocycles. The van der Waals surface area contributed by atoms with Gasteiger partial charge in [0.05, 0.1) is 24.3 Å². The molecular formula is C15H17N3O3. The highest BCUT2D eigenvalue weighted by Gasteiger charge is 2.07. The summed E-state index contributed by atoms with van der Waals surface area (Å²) in [6.45, 7) is 5.45. The van der Waals surface area contributed by atoms with Crippen LogP contribution in [0.15, 0.2) is 37.2 Å². The van der Waals surface area contributed by atoms with Crippen molar-refractivity contribution in [3.63, 3.8) is 0 Å². The maximum Gasteiger partial charge on any atom is 0.335 e. The fourth-order valence-corrected chi connectivity index (χ4v) is 1.84. The van der Waals surface area contributed by atoms with E-state index < -0.39 is 5.97 Å². The van der Waals surface area contributed by atoms with E-state index in [0.29, 0.717) is 31.1 Å². The molecule has 6 nitrogen and oxygen atoms in total. The summed E-state index contributed by atoms with van der Waals surface area (Å²) in [6, 6.07) is 4.78. The van der Waals surface area contributed by atoms with Gasteiger partial charge >= 0.3 is 5.97 Å². The van der Waals surface area contributed by atoms with Gasteiger partial charge in [-0.05, 0) is 24.6 Å². The number of anilines is 1. The van der Waals surface area contributed by atoms with Crippen molar-refractivity contribution >= 4 is 22.7 Å². The van der Waals surface area contributed by atoms with Crippen LogP contribution in [0.25, 0.3) is 10.9 Å². The maximum atomic E-state index is 10.9. The number of hydrogen-bond acceptors (Lipinski definition) is 5. The molecule has 1 heterocycles. The van der Waals surface area contributed by atoms with Gasteiger partial charge in [-0.2, -0.15) is 0 Å². The Morgan fingerprint density at radius 3 is 3.00 bits per heavy atom. The van der Waals surface area contributed by atoms with Crippen LogP contribution in [0.1, 0.15) is 16.8 Å². The lowest BCUT2D eigenvalue weighted by atomic mass is 10.1. The predicted octanol–water partition coefficient (Wildman–Crippen LogP) is 2.33. The minimum absolute atomic E-state index is 0.208. The van der Waals surface area contributed by atoms with E-state index in [1.54, 1.807) is 12.1 Å². The van der Waals surface area contributed by atoms with E-state index in [0.717, 1.165) is 11.8 Å². The number of ether oxygens (including phenoxy) is 1. The lowest BCUT2D eigenvalue weighted by molar-refractivity contribution is 0.0697. The molecule has 110 valence electrons.